The zero-order chi connectivity index (χ0) is 10.5. The summed E-state index contributed by atoms with van der Waals surface area (Å²) in [6.07, 6.45) is 5.80. The molecular formula is C14H13N. The fourth-order valence-electron chi connectivity index (χ4n) is 1.64. The van der Waals surface area contributed by atoms with Crippen molar-refractivity contribution in [3.8, 4) is 0 Å². The van der Waals surface area contributed by atoms with Crippen molar-refractivity contribution in [1.29, 1.82) is 0 Å². The van der Waals surface area contributed by atoms with Crippen molar-refractivity contribution in [3.05, 3.63) is 72.1 Å². The average molecular weight is 195 g/mol. The lowest BCUT2D eigenvalue weighted by atomic mass is 9.99. The molecule has 0 aliphatic rings. The molecule has 0 atom stereocenters. The number of hydrogen-bond acceptors (Lipinski definition) is 1. The summed E-state index contributed by atoms with van der Waals surface area (Å²) < 4.78 is 0. The van der Waals surface area contributed by atoms with Crippen LogP contribution in [0.25, 0.3) is 5.57 Å². The van der Waals surface area contributed by atoms with Gasteiger partial charge in [-0.2, -0.15) is 0 Å². The molecule has 1 aromatic heterocycles. The van der Waals surface area contributed by atoms with Gasteiger partial charge < -0.3 is 0 Å². The van der Waals surface area contributed by atoms with Gasteiger partial charge in [-0.05, 0) is 24.1 Å². The van der Waals surface area contributed by atoms with E-state index in [9.17, 15) is 0 Å². The SMILES string of the molecule is CC=C(c1ccccc1)c1cccnc1. The van der Waals surface area contributed by atoms with E-state index in [1.165, 1.54) is 11.1 Å². The molecule has 0 spiro atoms. The first kappa shape index (κ1) is 9.66. The summed E-state index contributed by atoms with van der Waals surface area (Å²) in [5.74, 6) is 0. The summed E-state index contributed by atoms with van der Waals surface area (Å²) in [6, 6.07) is 14.4. The largest absolute Gasteiger partial charge is 0.264 e. The van der Waals surface area contributed by atoms with Gasteiger partial charge in [-0.15, -0.1) is 0 Å². The maximum atomic E-state index is 4.14. The molecule has 1 aromatic carbocycles. The molecule has 0 saturated carbocycles. The Kier molecular flexibility index (Phi) is 2.93. The van der Waals surface area contributed by atoms with Gasteiger partial charge in [0.05, 0.1) is 0 Å². The van der Waals surface area contributed by atoms with E-state index in [1.807, 2.05) is 18.3 Å². The van der Waals surface area contributed by atoms with Crippen LogP contribution in [0.5, 0.6) is 0 Å². The molecule has 0 unspecified atom stereocenters. The highest BCUT2D eigenvalue weighted by Gasteiger charge is 2.01. The van der Waals surface area contributed by atoms with Crippen LogP contribution in [-0.4, -0.2) is 4.98 Å². The lowest BCUT2D eigenvalue weighted by Crippen LogP contribution is -1.87. The number of allylic oxidation sites excluding steroid dienone is 1. The number of hydrogen-bond donors (Lipinski definition) is 0. The summed E-state index contributed by atoms with van der Waals surface area (Å²) in [6.45, 7) is 2.05. The van der Waals surface area contributed by atoms with Gasteiger partial charge in [-0.1, -0.05) is 42.5 Å². The van der Waals surface area contributed by atoms with Gasteiger partial charge in [-0.3, -0.25) is 4.98 Å². The van der Waals surface area contributed by atoms with E-state index < -0.39 is 0 Å². The third-order valence-electron chi connectivity index (χ3n) is 2.35. The predicted molar refractivity (Wildman–Crippen MR) is 63.4 cm³/mol. The molecule has 0 saturated heterocycles. The molecule has 0 fully saturated rings. The van der Waals surface area contributed by atoms with Crippen LogP contribution in [0.4, 0.5) is 0 Å². The van der Waals surface area contributed by atoms with E-state index in [4.69, 9.17) is 0 Å². The molecule has 2 rings (SSSR count). The highest BCUT2D eigenvalue weighted by molar-refractivity contribution is 5.78. The molecule has 2 aromatic rings. The highest BCUT2D eigenvalue weighted by Crippen LogP contribution is 2.21. The van der Waals surface area contributed by atoms with Crippen LogP contribution >= 0.6 is 0 Å². The third-order valence-corrected chi connectivity index (χ3v) is 2.35. The second-order valence-corrected chi connectivity index (χ2v) is 3.31. The van der Waals surface area contributed by atoms with Crippen LogP contribution in [-0.2, 0) is 0 Å². The van der Waals surface area contributed by atoms with E-state index >= 15 is 0 Å². The Bertz CT molecular complexity index is 402. The van der Waals surface area contributed by atoms with Crippen LogP contribution in [0, 0.1) is 0 Å². The first-order valence-corrected chi connectivity index (χ1v) is 5.04. The van der Waals surface area contributed by atoms with E-state index in [2.05, 4.69) is 48.3 Å². The summed E-state index contributed by atoms with van der Waals surface area (Å²) in [5.41, 5.74) is 3.61. The van der Waals surface area contributed by atoms with E-state index in [0.717, 1.165) is 5.56 Å². The van der Waals surface area contributed by atoms with Gasteiger partial charge in [-0.25, -0.2) is 0 Å². The van der Waals surface area contributed by atoms with Crippen LogP contribution in [0.1, 0.15) is 18.1 Å². The van der Waals surface area contributed by atoms with E-state index in [-0.39, 0.29) is 0 Å². The summed E-state index contributed by atoms with van der Waals surface area (Å²) in [5, 5.41) is 0. The maximum absolute atomic E-state index is 4.14. The molecule has 15 heavy (non-hydrogen) atoms. The number of nitrogens with zero attached hydrogens (tertiary/aromatic N) is 1. The smallest absolute Gasteiger partial charge is 0.0346 e. The second-order valence-electron chi connectivity index (χ2n) is 3.31. The lowest BCUT2D eigenvalue weighted by Gasteiger charge is -2.06. The molecule has 0 N–H and O–H groups in total. The Balaban J connectivity index is 2.44. The van der Waals surface area contributed by atoms with Gasteiger partial charge in [0.25, 0.3) is 0 Å². The standard InChI is InChI=1S/C14H13N/c1-2-14(12-7-4-3-5-8-12)13-9-6-10-15-11-13/h2-11H,1H3. The number of aromatic nitrogens is 1. The first-order chi connectivity index (χ1) is 7.42. The molecular weight excluding hydrogens is 182 g/mol. The minimum Gasteiger partial charge on any atom is -0.264 e. The van der Waals surface area contributed by atoms with Crippen molar-refractivity contribution in [2.75, 3.05) is 0 Å². The monoisotopic (exact) mass is 195 g/mol. The summed E-state index contributed by atoms with van der Waals surface area (Å²) in [4.78, 5) is 4.14. The quantitative estimate of drug-likeness (QED) is 0.714. The fraction of sp³-hybridized carbons (Fsp3) is 0.0714. The third kappa shape index (κ3) is 2.13. The van der Waals surface area contributed by atoms with Crippen molar-refractivity contribution in [2.45, 2.75) is 6.92 Å². The first-order valence-electron chi connectivity index (χ1n) is 5.04. The minimum absolute atomic E-state index is 1.16. The van der Waals surface area contributed by atoms with Crippen molar-refractivity contribution in [2.24, 2.45) is 0 Å². The number of benzene rings is 1. The van der Waals surface area contributed by atoms with Crippen LogP contribution in [0.15, 0.2) is 60.9 Å². The molecule has 1 heteroatoms. The number of rotatable bonds is 2. The second kappa shape index (κ2) is 4.56. The zero-order valence-corrected chi connectivity index (χ0v) is 8.72. The van der Waals surface area contributed by atoms with E-state index in [1.54, 1.807) is 6.20 Å². The Labute approximate surface area is 90.1 Å². The molecule has 1 nitrogen and oxygen atoms in total. The van der Waals surface area contributed by atoms with Crippen molar-refractivity contribution >= 4 is 5.57 Å². The Morgan fingerprint density at radius 3 is 2.33 bits per heavy atom. The van der Waals surface area contributed by atoms with Crippen LogP contribution in [0.2, 0.25) is 0 Å². The van der Waals surface area contributed by atoms with E-state index in [0.29, 0.717) is 0 Å². The Morgan fingerprint density at radius 1 is 1.00 bits per heavy atom. The molecule has 0 radical (unpaired) electrons. The highest BCUT2D eigenvalue weighted by atomic mass is 14.6. The maximum Gasteiger partial charge on any atom is 0.0346 e. The Morgan fingerprint density at radius 2 is 1.73 bits per heavy atom. The lowest BCUT2D eigenvalue weighted by molar-refractivity contribution is 1.30. The topological polar surface area (TPSA) is 12.9 Å². The van der Waals surface area contributed by atoms with Crippen LogP contribution in [0.3, 0.4) is 0 Å². The van der Waals surface area contributed by atoms with Gasteiger partial charge in [0, 0.05) is 18.0 Å². The normalized spacial score (nSPS) is 11.4. The molecule has 0 amide bonds. The summed E-state index contributed by atoms with van der Waals surface area (Å²) in [7, 11) is 0. The molecule has 74 valence electrons. The predicted octanol–water partition coefficient (Wildman–Crippen LogP) is 3.53. The van der Waals surface area contributed by atoms with Crippen molar-refractivity contribution < 1.29 is 0 Å². The molecule has 1 heterocycles. The molecule has 0 aliphatic carbocycles. The molecule has 0 bridgehead atoms. The van der Waals surface area contributed by atoms with Gasteiger partial charge in [0.2, 0.25) is 0 Å². The summed E-state index contributed by atoms with van der Waals surface area (Å²) >= 11 is 0. The van der Waals surface area contributed by atoms with Crippen LogP contribution < -0.4 is 0 Å². The average Bonchev–Trinajstić information content (AvgIpc) is 2.33. The minimum atomic E-state index is 1.16. The number of pyridine rings is 1. The molecule has 0 aliphatic heterocycles. The van der Waals surface area contributed by atoms with Gasteiger partial charge >= 0.3 is 0 Å². The Hall–Kier alpha value is -1.89. The van der Waals surface area contributed by atoms with Crippen molar-refractivity contribution in [1.82, 2.24) is 4.98 Å². The van der Waals surface area contributed by atoms with Gasteiger partial charge in [0.15, 0.2) is 0 Å². The zero-order valence-electron chi connectivity index (χ0n) is 8.72. The van der Waals surface area contributed by atoms with Gasteiger partial charge in [0.1, 0.15) is 0 Å². The van der Waals surface area contributed by atoms with Crippen molar-refractivity contribution in [3.63, 3.8) is 0 Å². The fourth-order valence-corrected chi connectivity index (χ4v) is 1.64.